The summed E-state index contributed by atoms with van der Waals surface area (Å²) in [6.07, 6.45) is 5.72. The first-order valence-electron chi connectivity index (χ1n) is 7.60. The number of rotatable bonds is 7. The predicted octanol–water partition coefficient (Wildman–Crippen LogP) is 2.59. The average Bonchev–Trinajstić information content (AvgIpc) is 3.22. The molecule has 0 spiro atoms. The summed E-state index contributed by atoms with van der Waals surface area (Å²) < 4.78 is 10.4. The number of hydrogen-bond donors (Lipinski definition) is 2. The molecule has 2 aromatic heterocycles. The maximum Gasteiger partial charge on any atom is 0.319 e. The Hall–Kier alpha value is -2.60. The number of fused-ring (bicyclic) bond motifs is 1. The molecule has 6 nitrogen and oxygen atoms in total. The first-order valence-corrected chi connectivity index (χ1v) is 7.60. The maximum absolute atomic E-state index is 11.6. The lowest BCUT2D eigenvalue weighted by molar-refractivity contribution is -0.142. The van der Waals surface area contributed by atoms with Gasteiger partial charge in [0.15, 0.2) is 6.39 Å². The number of nitrogens with zero attached hydrogens (tertiary/aromatic N) is 1. The number of aromatic amines is 1. The number of hydrogen-bond acceptors (Lipinski definition) is 5. The number of ether oxygens (including phenoxy) is 1. The Morgan fingerprint density at radius 1 is 1.43 bits per heavy atom. The van der Waals surface area contributed by atoms with Crippen LogP contribution in [0.4, 0.5) is 0 Å². The maximum atomic E-state index is 11.6. The number of H-pyrrole nitrogens is 1. The molecule has 2 heterocycles. The van der Waals surface area contributed by atoms with Gasteiger partial charge < -0.3 is 14.1 Å². The van der Waals surface area contributed by atoms with Gasteiger partial charge in [0, 0.05) is 17.1 Å². The number of oxazole rings is 1. The molecule has 0 saturated heterocycles. The second-order valence-corrected chi connectivity index (χ2v) is 5.21. The Balaban J connectivity index is 1.77. The van der Waals surface area contributed by atoms with Crippen LogP contribution in [-0.2, 0) is 16.0 Å². The second-order valence-electron chi connectivity index (χ2n) is 5.21. The van der Waals surface area contributed by atoms with Gasteiger partial charge in [-0.1, -0.05) is 18.2 Å². The summed E-state index contributed by atoms with van der Waals surface area (Å²) in [5.41, 5.74) is 2.24. The van der Waals surface area contributed by atoms with Crippen LogP contribution < -0.4 is 5.32 Å². The van der Waals surface area contributed by atoms with Crippen LogP contribution in [0.3, 0.4) is 0 Å². The van der Waals surface area contributed by atoms with E-state index in [0.29, 0.717) is 18.8 Å². The van der Waals surface area contributed by atoms with Gasteiger partial charge in [0.25, 0.3) is 0 Å². The molecule has 2 N–H and O–H groups in total. The van der Waals surface area contributed by atoms with Crippen LogP contribution in [0.2, 0.25) is 0 Å². The molecule has 0 saturated carbocycles. The van der Waals surface area contributed by atoms with Crippen LogP contribution in [0.1, 0.15) is 24.3 Å². The Kier molecular flexibility index (Phi) is 4.73. The van der Waals surface area contributed by atoms with Crippen molar-refractivity contribution in [2.75, 3.05) is 13.2 Å². The third-order valence-corrected chi connectivity index (χ3v) is 3.69. The standard InChI is InChI=1S/C17H19N3O3/c1-2-22-17(21)10-20-15(16-9-18-11-23-16)7-12-8-19-14-6-4-3-5-13(12)14/h3-6,8-9,11,15,19-20H,2,7,10H2,1H3/t15-/m0/s1. The fraction of sp³-hybridized carbons (Fsp3) is 0.294. The molecule has 120 valence electrons. The SMILES string of the molecule is CCOC(=O)CN[C@@H](Cc1c[nH]c2ccccc12)c1cnco1. The molecule has 0 aliphatic heterocycles. The molecule has 0 radical (unpaired) electrons. The van der Waals surface area contributed by atoms with E-state index >= 15 is 0 Å². The van der Waals surface area contributed by atoms with E-state index < -0.39 is 0 Å². The first kappa shape index (κ1) is 15.3. The van der Waals surface area contributed by atoms with Gasteiger partial charge in [0.2, 0.25) is 0 Å². The highest BCUT2D eigenvalue weighted by atomic mass is 16.5. The van der Waals surface area contributed by atoms with Crippen molar-refractivity contribution in [3.63, 3.8) is 0 Å². The molecule has 0 aliphatic rings. The summed E-state index contributed by atoms with van der Waals surface area (Å²) in [5.74, 6) is 0.413. The van der Waals surface area contributed by atoms with Crippen molar-refractivity contribution in [3.05, 3.63) is 54.4 Å². The first-order chi connectivity index (χ1) is 11.3. The predicted molar refractivity (Wildman–Crippen MR) is 85.9 cm³/mol. The lowest BCUT2D eigenvalue weighted by Crippen LogP contribution is -2.30. The van der Waals surface area contributed by atoms with Crippen molar-refractivity contribution in [2.24, 2.45) is 0 Å². The highest BCUT2D eigenvalue weighted by molar-refractivity contribution is 5.83. The molecule has 3 rings (SSSR count). The van der Waals surface area contributed by atoms with Crippen LogP contribution in [-0.4, -0.2) is 29.1 Å². The van der Waals surface area contributed by atoms with Crippen LogP contribution in [0.25, 0.3) is 10.9 Å². The van der Waals surface area contributed by atoms with Gasteiger partial charge in [0.1, 0.15) is 5.76 Å². The largest absolute Gasteiger partial charge is 0.465 e. The molecule has 0 unspecified atom stereocenters. The molecule has 6 heteroatoms. The Bertz CT molecular complexity index is 764. The molecule has 1 aromatic carbocycles. The summed E-state index contributed by atoms with van der Waals surface area (Å²) in [7, 11) is 0. The zero-order chi connectivity index (χ0) is 16.1. The van der Waals surface area contributed by atoms with E-state index in [1.165, 1.54) is 6.39 Å². The quantitative estimate of drug-likeness (QED) is 0.655. The van der Waals surface area contributed by atoms with Crippen molar-refractivity contribution in [2.45, 2.75) is 19.4 Å². The minimum Gasteiger partial charge on any atom is -0.465 e. The molecular formula is C17H19N3O3. The minimum absolute atomic E-state index is 0.127. The van der Waals surface area contributed by atoms with Gasteiger partial charge in [-0.05, 0) is 25.0 Å². The highest BCUT2D eigenvalue weighted by Gasteiger charge is 2.18. The van der Waals surface area contributed by atoms with Gasteiger partial charge in [-0.2, -0.15) is 0 Å². The number of carbonyl (C=O) groups excluding carboxylic acids is 1. The van der Waals surface area contributed by atoms with E-state index in [-0.39, 0.29) is 18.6 Å². The van der Waals surface area contributed by atoms with Crippen LogP contribution >= 0.6 is 0 Å². The Morgan fingerprint density at radius 2 is 2.30 bits per heavy atom. The summed E-state index contributed by atoms with van der Waals surface area (Å²) in [5, 5.41) is 4.35. The molecule has 0 aliphatic carbocycles. The number of nitrogens with one attached hydrogen (secondary N) is 2. The van der Waals surface area contributed by atoms with Gasteiger partial charge in [-0.15, -0.1) is 0 Å². The van der Waals surface area contributed by atoms with Crippen molar-refractivity contribution in [1.29, 1.82) is 0 Å². The zero-order valence-corrected chi connectivity index (χ0v) is 12.9. The lowest BCUT2D eigenvalue weighted by Gasteiger charge is -2.15. The topological polar surface area (TPSA) is 80.1 Å². The van der Waals surface area contributed by atoms with Crippen molar-refractivity contribution >= 4 is 16.9 Å². The molecule has 1 atom stereocenters. The molecular weight excluding hydrogens is 294 g/mol. The number of benzene rings is 1. The van der Waals surface area contributed by atoms with Gasteiger partial charge in [0.05, 0.1) is 25.4 Å². The number of para-hydroxylation sites is 1. The minimum atomic E-state index is -0.282. The summed E-state index contributed by atoms with van der Waals surface area (Å²) in [6, 6.07) is 7.96. The van der Waals surface area contributed by atoms with E-state index in [4.69, 9.17) is 9.15 Å². The van der Waals surface area contributed by atoms with E-state index in [2.05, 4.69) is 21.4 Å². The van der Waals surface area contributed by atoms with Gasteiger partial charge in [-0.3, -0.25) is 10.1 Å². The number of aromatic nitrogens is 2. The summed E-state index contributed by atoms with van der Waals surface area (Å²) >= 11 is 0. The number of carbonyl (C=O) groups is 1. The van der Waals surface area contributed by atoms with E-state index in [9.17, 15) is 4.79 Å². The fourth-order valence-electron chi connectivity index (χ4n) is 2.61. The third kappa shape index (κ3) is 3.60. The van der Waals surface area contributed by atoms with Crippen molar-refractivity contribution < 1.29 is 13.9 Å². The second kappa shape index (κ2) is 7.11. The normalized spacial score (nSPS) is 12.4. The summed E-state index contributed by atoms with van der Waals surface area (Å²) in [6.45, 7) is 2.29. The number of esters is 1. The Morgan fingerprint density at radius 3 is 3.09 bits per heavy atom. The summed E-state index contributed by atoms with van der Waals surface area (Å²) in [4.78, 5) is 18.8. The van der Waals surface area contributed by atoms with Crippen LogP contribution in [0.15, 0.2) is 47.5 Å². The lowest BCUT2D eigenvalue weighted by atomic mass is 10.0. The van der Waals surface area contributed by atoms with Gasteiger partial charge >= 0.3 is 5.97 Å². The fourth-order valence-corrected chi connectivity index (χ4v) is 2.61. The van der Waals surface area contributed by atoms with Gasteiger partial charge in [-0.25, -0.2) is 4.98 Å². The zero-order valence-electron chi connectivity index (χ0n) is 12.9. The van der Waals surface area contributed by atoms with E-state index in [0.717, 1.165) is 16.5 Å². The smallest absolute Gasteiger partial charge is 0.319 e. The molecule has 0 fully saturated rings. The Labute approximate surface area is 133 Å². The van der Waals surface area contributed by atoms with Crippen molar-refractivity contribution in [3.8, 4) is 0 Å². The van der Waals surface area contributed by atoms with E-state index in [1.54, 1.807) is 13.1 Å². The van der Waals surface area contributed by atoms with Crippen LogP contribution in [0.5, 0.6) is 0 Å². The average molecular weight is 313 g/mol. The highest BCUT2D eigenvalue weighted by Crippen LogP contribution is 2.24. The molecule has 0 bridgehead atoms. The monoisotopic (exact) mass is 313 g/mol. The third-order valence-electron chi connectivity index (χ3n) is 3.69. The molecule has 0 amide bonds. The van der Waals surface area contributed by atoms with Crippen LogP contribution in [0, 0.1) is 0 Å². The van der Waals surface area contributed by atoms with E-state index in [1.807, 2.05) is 24.4 Å². The van der Waals surface area contributed by atoms with Crippen molar-refractivity contribution in [1.82, 2.24) is 15.3 Å². The molecule has 3 aromatic rings. The molecule has 23 heavy (non-hydrogen) atoms.